The normalized spacial score (nSPS) is 6.60. The smallest absolute Gasteiger partial charge is 0.233 e. The van der Waals surface area contributed by atoms with E-state index in [1.54, 1.807) is 20.2 Å². The number of hydrogen-bond donors (Lipinski definition) is 2. The van der Waals surface area contributed by atoms with Crippen LogP contribution in [0.25, 0.3) is 0 Å². The number of carbonyl (C=O) groups is 1. The quantitative estimate of drug-likeness (QED) is 0.546. The maximum absolute atomic E-state index is 10.2. The van der Waals surface area contributed by atoms with Crippen LogP contribution in [0.2, 0.25) is 0 Å². The summed E-state index contributed by atoms with van der Waals surface area (Å²) in [6.07, 6.45) is 0. The summed E-state index contributed by atoms with van der Waals surface area (Å²) in [5.74, 6) is 0.0162. The molecule has 0 bridgehead atoms. The fraction of sp³-hybridized carbons (Fsp3) is 0.667. The summed E-state index contributed by atoms with van der Waals surface area (Å²) in [4.78, 5) is 10.2. The molecular weight excluding hydrogens is 130 g/mol. The SMILES string of the molecule is CC#N.CNCC(=O)NC. The molecule has 58 valence electrons. The number of carbonyl (C=O) groups excluding carboxylic acids is 1. The topological polar surface area (TPSA) is 64.9 Å². The van der Waals surface area contributed by atoms with Crippen molar-refractivity contribution in [2.75, 3.05) is 20.6 Å². The highest BCUT2D eigenvalue weighted by atomic mass is 16.1. The minimum atomic E-state index is 0.0162. The molecule has 2 N–H and O–H groups in total. The molecule has 0 saturated carbocycles. The molecule has 0 radical (unpaired) electrons. The van der Waals surface area contributed by atoms with Gasteiger partial charge in [-0.15, -0.1) is 0 Å². The van der Waals surface area contributed by atoms with E-state index in [9.17, 15) is 4.79 Å². The Morgan fingerprint density at radius 1 is 1.60 bits per heavy atom. The van der Waals surface area contributed by atoms with Crippen LogP contribution in [-0.4, -0.2) is 26.5 Å². The van der Waals surface area contributed by atoms with Crippen molar-refractivity contribution in [3.63, 3.8) is 0 Å². The molecule has 0 aromatic heterocycles. The van der Waals surface area contributed by atoms with Crippen molar-refractivity contribution in [1.29, 1.82) is 5.26 Å². The average molecular weight is 143 g/mol. The van der Waals surface area contributed by atoms with E-state index in [1.165, 1.54) is 6.92 Å². The number of amides is 1. The van der Waals surface area contributed by atoms with Gasteiger partial charge < -0.3 is 10.6 Å². The van der Waals surface area contributed by atoms with Gasteiger partial charge in [0.05, 0.1) is 12.6 Å². The molecule has 0 aliphatic rings. The summed E-state index contributed by atoms with van der Waals surface area (Å²) in [6.45, 7) is 1.83. The third kappa shape index (κ3) is 15.8. The third-order valence-electron chi connectivity index (χ3n) is 0.616. The van der Waals surface area contributed by atoms with E-state index in [0.717, 1.165) is 0 Å². The molecule has 0 rings (SSSR count). The zero-order chi connectivity index (χ0) is 8.41. The zero-order valence-electron chi connectivity index (χ0n) is 6.56. The molecule has 0 aromatic carbocycles. The molecule has 0 fully saturated rings. The summed E-state index contributed by atoms with van der Waals surface area (Å²) in [5, 5.41) is 12.5. The van der Waals surface area contributed by atoms with Gasteiger partial charge in [0.1, 0.15) is 0 Å². The first-order valence-corrected chi connectivity index (χ1v) is 2.88. The first-order valence-electron chi connectivity index (χ1n) is 2.88. The average Bonchev–Trinajstić information content (AvgIpc) is 1.90. The van der Waals surface area contributed by atoms with Gasteiger partial charge in [-0.25, -0.2) is 0 Å². The maximum Gasteiger partial charge on any atom is 0.233 e. The van der Waals surface area contributed by atoms with Crippen molar-refractivity contribution in [1.82, 2.24) is 10.6 Å². The molecule has 0 aliphatic heterocycles. The molecule has 0 atom stereocenters. The second-order valence-electron chi connectivity index (χ2n) is 1.43. The standard InChI is InChI=1S/C4H10N2O.C2H3N/c1-5-3-4(7)6-2;1-2-3/h5H,3H2,1-2H3,(H,6,7);1H3. The Bertz CT molecular complexity index is 117. The van der Waals surface area contributed by atoms with E-state index in [4.69, 9.17) is 5.26 Å². The second kappa shape index (κ2) is 10.8. The lowest BCUT2D eigenvalue weighted by atomic mass is 10.6. The van der Waals surface area contributed by atoms with Crippen molar-refractivity contribution in [3.05, 3.63) is 0 Å². The van der Waals surface area contributed by atoms with E-state index in [-0.39, 0.29) is 5.91 Å². The number of nitrogens with zero attached hydrogens (tertiary/aromatic N) is 1. The molecule has 0 unspecified atom stereocenters. The van der Waals surface area contributed by atoms with Crippen LogP contribution in [0.1, 0.15) is 6.92 Å². The van der Waals surface area contributed by atoms with Gasteiger partial charge in [-0.3, -0.25) is 4.79 Å². The molecule has 0 saturated heterocycles. The molecule has 10 heavy (non-hydrogen) atoms. The lowest BCUT2D eigenvalue weighted by molar-refractivity contribution is -0.119. The molecule has 4 heteroatoms. The minimum Gasteiger partial charge on any atom is -0.358 e. The Labute approximate surface area is 61.2 Å². The first-order chi connectivity index (χ1) is 4.72. The van der Waals surface area contributed by atoms with Crippen LogP contribution in [0, 0.1) is 11.3 Å². The summed E-state index contributed by atoms with van der Waals surface area (Å²) in [6, 6.07) is 1.75. The molecule has 0 aliphatic carbocycles. The first kappa shape index (κ1) is 11.7. The van der Waals surface area contributed by atoms with E-state index in [0.29, 0.717) is 6.54 Å². The van der Waals surface area contributed by atoms with Gasteiger partial charge in [0.25, 0.3) is 0 Å². The Hall–Kier alpha value is -1.08. The predicted octanol–water partition coefficient (Wildman–Crippen LogP) is -0.518. The van der Waals surface area contributed by atoms with Crippen molar-refractivity contribution in [2.45, 2.75) is 6.92 Å². The fourth-order valence-electron chi connectivity index (χ4n) is 0.249. The highest BCUT2D eigenvalue weighted by molar-refractivity contribution is 5.77. The van der Waals surface area contributed by atoms with Crippen molar-refractivity contribution >= 4 is 5.91 Å². The highest BCUT2D eigenvalue weighted by Gasteiger charge is 1.88. The van der Waals surface area contributed by atoms with Gasteiger partial charge in [0, 0.05) is 14.0 Å². The molecule has 0 heterocycles. The van der Waals surface area contributed by atoms with E-state index >= 15 is 0 Å². The fourth-order valence-corrected chi connectivity index (χ4v) is 0.249. The summed E-state index contributed by atoms with van der Waals surface area (Å²) >= 11 is 0. The number of nitriles is 1. The van der Waals surface area contributed by atoms with Crippen molar-refractivity contribution in [2.24, 2.45) is 0 Å². The van der Waals surface area contributed by atoms with Crippen LogP contribution in [0.5, 0.6) is 0 Å². The summed E-state index contributed by atoms with van der Waals surface area (Å²) in [7, 11) is 3.34. The molecular formula is C6H13N3O. The van der Waals surface area contributed by atoms with Crippen molar-refractivity contribution in [3.8, 4) is 6.07 Å². The van der Waals surface area contributed by atoms with Gasteiger partial charge >= 0.3 is 0 Å². The Kier molecular flexibility index (Phi) is 12.6. The van der Waals surface area contributed by atoms with Gasteiger partial charge in [-0.1, -0.05) is 0 Å². The number of hydrogen-bond acceptors (Lipinski definition) is 3. The lowest BCUT2D eigenvalue weighted by Crippen LogP contribution is -2.28. The van der Waals surface area contributed by atoms with Gasteiger partial charge in [-0.2, -0.15) is 5.26 Å². The van der Waals surface area contributed by atoms with Gasteiger partial charge in [0.2, 0.25) is 5.91 Å². The largest absolute Gasteiger partial charge is 0.358 e. The van der Waals surface area contributed by atoms with Crippen LogP contribution in [0.4, 0.5) is 0 Å². The summed E-state index contributed by atoms with van der Waals surface area (Å²) < 4.78 is 0. The van der Waals surface area contributed by atoms with E-state index < -0.39 is 0 Å². The van der Waals surface area contributed by atoms with Crippen LogP contribution < -0.4 is 10.6 Å². The predicted molar refractivity (Wildman–Crippen MR) is 39.3 cm³/mol. The minimum absolute atomic E-state index is 0.0162. The Morgan fingerprint density at radius 2 is 2.00 bits per heavy atom. The maximum atomic E-state index is 10.2. The molecule has 4 nitrogen and oxygen atoms in total. The van der Waals surface area contributed by atoms with Crippen molar-refractivity contribution < 1.29 is 4.79 Å². The number of rotatable bonds is 2. The number of likely N-dealkylation sites (N-methyl/N-ethyl adjacent to an activating group) is 2. The van der Waals surface area contributed by atoms with Gasteiger partial charge in [0.15, 0.2) is 0 Å². The summed E-state index contributed by atoms with van der Waals surface area (Å²) in [5.41, 5.74) is 0. The highest BCUT2D eigenvalue weighted by Crippen LogP contribution is 1.52. The lowest BCUT2D eigenvalue weighted by Gasteiger charge is -1.93. The van der Waals surface area contributed by atoms with Gasteiger partial charge in [-0.05, 0) is 7.05 Å². The number of nitrogens with one attached hydrogen (secondary N) is 2. The third-order valence-corrected chi connectivity index (χ3v) is 0.616. The van der Waals surface area contributed by atoms with Crippen LogP contribution in [0.3, 0.4) is 0 Å². The van der Waals surface area contributed by atoms with Crippen LogP contribution in [-0.2, 0) is 4.79 Å². The Balaban J connectivity index is 0. The molecule has 0 spiro atoms. The molecule has 0 aromatic rings. The Morgan fingerprint density at radius 3 is 2.10 bits per heavy atom. The van der Waals surface area contributed by atoms with Crippen LogP contribution >= 0.6 is 0 Å². The molecule has 1 amide bonds. The zero-order valence-corrected chi connectivity index (χ0v) is 6.56. The second-order valence-corrected chi connectivity index (χ2v) is 1.43. The monoisotopic (exact) mass is 143 g/mol. The van der Waals surface area contributed by atoms with E-state index in [2.05, 4.69) is 10.6 Å². The van der Waals surface area contributed by atoms with E-state index in [1.807, 2.05) is 0 Å². The van der Waals surface area contributed by atoms with Crippen LogP contribution in [0.15, 0.2) is 0 Å².